The number of nitrogens with one attached hydrogen (secondary N) is 1. The van der Waals surface area contributed by atoms with Crippen LogP contribution in [-0.2, 0) is 14.3 Å². The summed E-state index contributed by atoms with van der Waals surface area (Å²) in [6.45, 7) is 3.29. The third kappa shape index (κ3) is 2.32. The first-order valence-electron chi connectivity index (χ1n) is 7.87. The second-order valence-electron chi connectivity index (χ2n) is 6.38. The molecule has 0 radical (unpaired) electrons. The molecule has 1 N–H and O–H groups in total. The lowest BCUT2D eigenvalue weighted by Crippen LogP contribution is -2.68. The smallest absolute Gasteiger partial charge is 0.248 e. The Morgan fingerprint density at radius 3 is 2.70 bits per heavy atom. The van der Waals surface area contributed by atoms with E-state index >= 15 is 0 Å². The van der Waals surface area contributed by atoms with Crippen LogP contribution in [0, 0.1) is 0 Å². The number of hydrogen-bond donors (Lipinski definition) is 1. The summed E-state index contributed by atoms with van der Waals surface area (Å²) in [5.74, 6) is 0.124. The van der Waals surface area contributed by atoms with Crippen molar-refractivity contribution in [1.82, 2.24) is 10.2 Å². The molecule has 20 heavy (non-hydrogen) atoms. The van der Waals surface area contributed by atoms with E-state index in [2.05, 4.69) is 5.32 Å². The summed E-state index contributed by atoms with van der Waals surface area (Å²) in [6, 6.07) is -0.352. The van der Waals surface area contributed by atoms with Crippen molar-refractivity contribution in [3.8, 4) is 0 Å². The van der Waals surface area contributed by atoms with E-state index in [-0.39, 0.29) is 24.0 Å². The van der Waals surface area contributed by atoms with Crippen LogP contribution in [0.5, 0.6) is 0 Å². The van der Waals surface area contributed by atoms with Crippen molar-refractivity contribution in [3.63, 3.8) is 0 Å². The summed E-state index contributed by atoms with van der Waals surface area (Å²) in [5, 5.41) is 2.99. The fourth-order valence-electron chi connectivity index (χ4n) is 3.75. The van der Waals surface area contributed by atoms with E-state index in [1.807, 2.05) is 6.92 Å². The van der Waals surface area contributed by atoms with Gasteiger partial charge in [0.25, 0.3) is 0 Å². The number of carbonyl (C=O) groups is 2. The Balaban J connectivity index is 1.69. The molecular weight excluding hydrogens is 256 g/mol. The van der Waals surface area contributed by atoms with E-state index in [1.165, 1.54) is 0 Å². The fraction of sp³-hybridized carbons (Fsp3) is 0.867. The molecule has 2 atom stereocenters. The van der Waals surface area contributed by atoms with Crippen LogP contribution in [0.1, 0.15) is 51.9 Å². The minimum absolute atomic E-state index is 0.00107. The van der Waals surface area contributed by atoms with Gasteiger partial charge in [-0.25, -0.2) is 0 Å². The minimum Gasteiger partial charge on any atom is -0.378 e. The minimum atomic E-state index is -0.597. The molecule has 2 saturated heterocycles. The molecule has 3 rings (SSSR count). The molecule has 1 aliphatic carbocycles. The van der Waals surface area contributed by atoms with Crippen LogP contribution in [0.2, 0.25) is 0 Å². The SMILES string of the molecule is CC1C(=O)NC2(CCCC2)C(=O)N1CCC1CCCO1. The van der Waals surface area contributed by atoms with Gasteiger partial charge in [-0.2, -0.15) is 0 Å². The molecule has 0 bridgehead atoms. The fourth-order valence-corrected chi connectivity index (χ4v) is 3.75. The van der Waals surface area contributed by atoms with Crippen molar-refractivity contribution >= 4 is 11.8 Å². The largest absolute Gasteiger partial charge is 0.378 e. The molecule has 3 fully saturated rings. The zero-order chi connectivity index (χ0) is 14.2. The van der Waals surface area contributed by atoms with E-state index in [0.29, 0.717) is 6.54 Å². The van der Waals surface area contributed by atoms with Crippen LogP contribution in [0.25, 0.3) is 0 Å². The second-order valence-corrected chi connectivity index (χ2v) is 6.38. The lowest BCUT2D eigenvalue weighted by Gasteiger charge is -2.43. The predicted octanol–water partition coefficient (Wildman–Crippen LogP) is 1.22. The van der Waals surface area contributed by atoms with Crippen LogP contribution in [-0.4, -0.2) is 47.6 Å². The Morgan fingerprint density at radius 2 is 2.05 bits per heavy atom. The van der Waals surface area contributed by atoms with Crippen molar-refractivity contribution in [2.45, 2.75) is 69.6 Å². The van der Waals surface area contributed by atoms with Gasteiger partial charge in [-0.3, -0.25) is 9.59 Å². The molecule has 0 aromatic rings. The van der Waals surface area contributed by atoms with Gasteiger partial charge in [-0.05, 0) is 39.0 Å². The van der Waals surface area contributed by atoms with E-state index in [9.17, 15) is 9.59 Å². The summed E-state index contributed by atoms with van der Waals surface area (Å²) in [4.78, 5) is 26.7. The Morgan fingerprint density at radius 1 is 1.30 bits per heavy atom. The molecule has 1 saturated carbocycles. The van der Waals surface area contributed by atoms with Crippen molar-refractivity contribution in [1.29, 1.82) is 0 Å². The lowest BCUT2D eigenvalue weighted by molar-refractivity contribution is -0.154. The van der Waals surface area contributed by atoms with Crippen LogP contribution >= 0.6 is 0 Å². The van der Waals surface area contributed by atoms with Crippen molar-refractivity contribution in [3.05, 3.63) is 0 Å². The van der Waals surface area contributed by atoms with E-state index in [0.717, 1.165) is 51.6 Å². The van der Waals surface area contributed by atoms with Gasteiger partial charge in [0, 0.05) is 13.2 Å². The van der Waals surface area contributed by atoms with Crippen LogP contribution < -0.4 is 5.32 Å². The first-order chi connectivity index (χ1) is 9.62. The van der Waals surface area contributed by atoms with E-state index < -0.39 is 5.54 Å². The quantitative estimate of drug-likeness (QED) is 0.845. The summed E-state index contributed by atoms with van der Waals surface area (Å²) in [5.41, 5.74) is -0.597. The first kappa shape index (κ1) is 13.9. The molecular formula is C15H24N2O3. The summed E-state index contributed by atoms with van der Waals surface area (Å²) >= 11 is 0. The maximum absolute atomic E-state index is 12.8. The number of carbonyl (C=O) groups excluding carboxylic acids is 2. The van der Waals surface area contributed by atoms with E-state index in [4.69, 9.17) is 4.74 Å². The van der Waals surface area contributed by atoms with Gasteiger partial charge in [0.15, 0.2) is 0 Å². The highest BCUT2D eigenvalue weighted by molar-refractivity contribution is 5.99. The number of rotatable bonds is 3. The molecule has 1 spiro atoms. The maximum atomic E-state index is 12.8. The van der Waals surface area contributed by atoms with Crippen LogP contribution in [0.15, 0.2) is 0 Å². The highest BCUT2D eigenvalue weighted by Gasteiger charge is 2.50. The molecule has 2 amide bonds. The normalized spacial score (nSPS) is 33.0. The average molecular weight is 280 g/mol. The molecule has 5 heteroatoms. The number of hydrogen-bond acceptors (Lipinski definition) is 3. The topological polar surface area (TPSA) is 58.6 Å². The molecule has 2 unspecified atom stereocenters. The lowest BCUT2D eigenvalue weighted by atomic mass is 9.91. The zero-order valence-corrected chi connectivity index (χ0v) is 12.2. The molecule has 3 aliphatic rings. The van der Waals surface area contributed by atoms with Crippen molar-refractivity contribution < 1.29 is 14.3 Å². The van der Waals surface area contributed by atoms with Gasteiger partial charge in [-0.15, -0.1) is 0 Å². The molecule has 0 aromatic heterocycles. The molecule has 2 aliphatic heterocycles. The highest BCUT2D eigenvalue weighted by atomic mass is 16.5. The van der Waals surface area contributed by atoms with Crippen molar-refractivity contribution in [2.75, 3.05) is 13.2 Å². The number of piperazine rings is 1. The summed E-state index contributed by atoms with van der Waals surface area (Å²) < 4.78 is 5.62. The predicted molar refractivity (Wildman–Crippen MR) is 74.1 cm³/mol. The Kier molecular flexibility index (Phi) is 3.71. The van der Waals surface area contributed by atoms with Gasteiger partial charge in [0.05, 0.1) is 6.10 Å². The van der Waals surface area contributed by atoms with Crippen molar-refractivity contribution in [2.24, 2.45) is 0 Å². The highest BCUT2D eigenvalue weighted by Crippen LogP contribution is 2.34. The first-order valence-corrected chi connectivity index (χ1v) is 7.87. The summed E-state index contributed by atoms with van der Waals surface area (Å²) in [7, 11) is 0. The van der Waals surface area contributed by atoms with Gasteiger partial charge in [0.2, 0.25) is 11.8 Å². The Labute approximate surface area is 120 Å². The molecule has 5 nitrogen and oxygen atoms in total. The number of nitrogens with zero attached hydrogens (tertiary/aromatic N) is 1. The molecule has 0 aromatic carbocycles. The van der Waals surface area contributed by atoms with Gasteiger partial charge >= 0.3 is 0 Å². The molecule has 2 heterocycles. The maximum Gasteiger partial charge on any atom is 0.248 e. The number of ether oxygens (including phenoxy) is 1. The van der Waals surface area contributed by atoms with Crippen LogP contribution in [0.3, 0.4) is 0 Å². The van der Waals surface area contributed by atoms with Gasteiger partial charge in [-0.1, -0.05) is 12.8 Å². The Hall–Kier alpha value is -1.10. The van der Waals surface area contributed by atoms with E-state index in [1.54, 1.807) is 4.90 Å². The summed E-state index contributed by atoms with van der Waals surface area (Å²) in [6.07, 6.45) is 6.94. The molecule has 112 valence electrons. The third-order valence-electron chi connectivity index (χ3n) is 5.05. The standard InChI is InChI=1S/C15H24N2O3/c1-11-13(18)16-15(7-2-3-8-15)14(19)17(11)9-6-12-5-4-10-20-12/h11-12H,2-10H2,1H3,(H,16,18). The van der Waals surface area contributed by atoms with Gasteiger partial charge in [0.1, 0.15) is 11.6 Å². The average Bonchev–Trinajstić information content (AvgIpc) is 3.09. The second kappa shape index (κ2) is 5.35. The number of amides is 2. The Bertz CT molecular complexity index is 398. The third-order valence-corrected chi connectivity index (χ3v) is 5.05. The van der Waals surface area contributed by atoms with Crippen LogP contribution in [0.4, 0.5) is 0 Å². The monoisotopic (exact) mass is 280 g/mol. The zero-order valence-electron chi connectivity index (χ0n) is 12.2. The van der Waals surface area contributed by atoms with Gasteiger partial charge < -0.3 is 15.0 Å².